The third kappa shape index (κ3) is 4.00. The Labute approximate surface area is 193 Å². The van der Waals surface area contributed by atoms with Crippen molar-refractivity contribution in [2.45, 2.75) is 6.18 Å². The minimum absolute atomic E-state index is 0.0465. The average molecular weight is 494 g/mol. The largest absolute Gasteiger partial charge is 0.417 e. The lowest BCUT2D eigenvalue weighted by Crippen LogP contribution is -2.47. The molecule has 1 fully saturated rings. The van der Waals surface area contributed by atoms with E-state index in [9.17, 15) is 18.0 Å². The van der Waals surface area contributed by atoms with E-state index < -0.39 is 17.3 Å². The van der Waals surface area contributed by atoms with Crippen LogP contribution < -0.4 is 15.4 Å². The molecule has 0 saturated carbocycles. The summed E-state index contributed by atoms with van der Waals surface area (Å²) in [5.74, 6) is 0.823. The van der Waals surface area contributed by atoms with Gasteiger partial charge in [-0.2, -0.15) is 23.0 Å². The van der Waals surface area contributed by atoms with E-state index >= 15 is 0 Å². The molecule has 0 spiro atoms. The molecule has 13 heteroatoms. The van der Waals surface area contributed by atoms with Crippen LogP contribution in [0.5, 0.6) is 0 Å². The third-order valence-corrected chi connectivity index (χ3v) is 6.53. The third-order valence-electron chi connectivity index (χ3n) is 5.35. The van der Waals surface area contributed by atoms with E-state index in [0.29, 0.717) is 38.1 Å². The van der Waals surface area contributed by atoms with Gasteiger partial charge >= 0.3 is 6.18 Å². The Bertz CT molecular complexity index is 1360. The van der Waals surface area contributed by atoms with Crippen LogP contribution in [0, 0.1) is 0 Å². The van der Waals surface area contributed by atoms with Crippen LogP contribution in [-0.4, -0.2) is 50.9 Å². The number of hydrogen-bond acceptors (Lipinski definition) is 8. The van der Waals surface area contributed by atoms with Gasteiger partial charge in [-0.05, 0) is 23.6 Å². The van der Waals surface area contributed by atoms with E-state index in [0.717, 1.165) is 32.8 Å². The summed E-state index contributed by atoms with van der Waals surface area (Å²) in [4.78, 5) is 30.2. The van der Waals surface area contributed by atoms with Gasteiger partial charge < -0.3 is 9.80 Å². The standard InChI is InChI=1S/C20H15ClF3N7OS/c21-16-14(10-28-31(19(16)32)15-2-1-12(9-25-15)20(22,23)24)29-4-6-30(7-5-29)17-13-3-8-33-18(13)27-11-26-17/h1-3,8-11H,4-7H2. The van der Waals surface area contributed by atoms with Crippen molar-refractivity contribution < 1.29 is 13.2 Å². The number of thiophene rings is 1. The van der Waals surface area contributed by atoms with Gasteiger partial charge in [-0.15, -0.1) is 11.3 Å². The highest BCUT2D eigenvalue weighted by molar-refractivity contribution is 7.16. The zero-order chi connectivity index (χ0) is 23.2. The van der Waals surface area contributed by atoms with Gasteiger partial charge in [-0.25, -0.2) is 15.0 Å². The molecule has 0 unspecified atom stereocenters. The maximum Gasteiger partial charge on any atom is 0.417 e. The molecule has 0 bridgehead atoms. The summed E-state index contributed by atoms with van der Waals surface area (Å²) in [5.41, 5.74) is -1.10. The highest BCUT2D eigenvalue weighted by atomic mass is 35.5. The number of pyridine rings is 1. The monoisotopic (exact) mass is 493 g/mol. The van der Waals surface area contributed by atoms with Crippen molar-refractivity contribution in [2.75, 3.05) is 36.0 Å². The second-order valence-electron chi connectivity index (χ2n) is 7.27. The van der Waals surface area contributed by atoms with E-state index in [-0.39, 0.29) is 10.8 Å². The summed E-state index contributed by atoms with van der Waals surface area (Å²) in [6, 6.07) is 3.92. The molecule has 1 aliphatic rings. The number of piperazine rings is 1. The van der Waals surface area contributed by atoms with Crippen LogP contribution in [0.3, 0.4) is 0 Å². The van der Waals surface area contributed by atoms with Crippen molar-refractivity contribution in [1.82, 2.24) is 24.7 Å². The van der Waals surface area contributed by atoms with Crippen LogP contribution in [0.2, 0.25) is 5.02 Å². The molecule has 0 aliphatic carbocycles. The number of alkyl halides is 3. The van der Waals surface area contributed by atoms with Gasteiger partial charge in [0.15, 0.2) is 5.82 Å². The molecule has 5 heterocycles. The van der Waals surface area contributed by atoms with Gasteiger partial charge in [-0.1, -0.05) is 11.6 Å². The van der Waals surface area contributed by atoms with Crippen LogP contribution in [0.1, 0.15) is 5.56 Å². The summed E-state index contributed by atoms with van der Waals surface area (Å²) in [6.45, 7) is 2.47. The molecule has 33 heavy (non-hydrogen) atoms. The quantitative estimate of drug-likeness (QED) is 0.431. The van der Waals surface area contributed by atoms with E-state index in [1.807, 2.05) is 16.3 Å². The molecule has 1 saturated heterocycles. The van der Waals surface area contributed by atoms with Crippen molar-refractivity contribution in [2.24, 2.45) is 0 Å². The number of rotatable bonds is 3. The molecule has 5 rings (SSSR count). The predicted octanol–water partition coefficient (Wildman–Crippen LogP) is 3.63. The molecule has 1 aliphatic heterocycles. The molecule has 0 amide bonds. The number of halogens is 4. The number of fused-ring (bicyclic) bond motifs is 1. The summed E-state index contributed by atoms with van der Waals surface area (Å²) in [7, 11) is 0. The van der Waals surface area contributed by atoms with E-state index in [1.165, 1.54) is 6.20 Å². The van der Waals surface area contributed by atoms with Crippen LogP contribution >= 0.6 is 22.9 Å². The fourth-order valence-electron chi connectivity index (χ4n) is 3.67. The van der Waals surface area contributed by atoms with E-state index in [1.54, 1.807) is 17.7 Å². The maximum absolute atomic E-state index is 12.8. The van der Waals surface area contributed by atoms with Crippen molar-refractivity contribution in [3.8, 4) is 5.82 Å². The topological polar surface area (TPSA) is 80.0 Å². The molecular weight excluding hydrogens is 479 g/mol. The zero-order valence-corrected chi connectivity index (χ0v) is 18.4. The van der Waals surface area contributed by atoms with Gasteiger partial charge in [0, 0.05) is 32.4 Å². The van der Waals surface area contributed by atoms with Crippen LogP contribution in [0.25, 0.3) is 16.0 Å². The first-order chi connectivity index (χ1) is 15.8. The zero-order valence-electron chi connectivity index (χ0n) is 16.8. The lowest BCUT2D eigenvalue weighted by molar-refractivity contribution is -0.137. The van der Waals surface area contributed by atoms with E-state index in [4.69, 9.17) is 11.6 Å². The molecule has 8 nitrogen and oxygen atoms in total. The van der Waals surface area contributed by atoms with Crippen molar-refractivity contribution in [1.29, 1.82) is 0 Å². The fraction of sp³-hybridized carbons (Fsp3) is 0.250. The first-order valence-electron chi connectivity index (χ1n) is 9.82. The normalized spacial score (nSPS) is 14.8. The molecule has 0 aromatic carbocycles. The molecule has 170 valence electrons. The SMILES string of the molecule is O=c1c(Cl)c(N2CCN(c3ncnc4sccc34)CC2)cnn1-c1ccc(C(F)(F)F)cn1. The summed E-state index contributed by atoms with van der Waals surface area (Å²) < 4.78 is 39.2. The first-order valence-corrected chi connectivity index (χ1v) is 11.1. The Morgan fingerprint density at radius 3 is 2.42 bits per heavy atom. The molecule has 4 aromatic rings. The minimum atomic E-state index is -4.52. The van der Waals surface area contributed by atoms with Gasteiger partial charge in [-0.3, -0.25) is 4.79 Å². The van der Waals surface area contributed by atoms with Gasteiger partial charge in [0.25, 0.3) is 5.56 Å². The first kappa shape index (κ1) is 21.6. The molecule has 0 atom stereocenters. The van der Waals surface area contributed by atoms with Gasteiger partial charge in [0.05, 0.1) is 22.8 Å². The molecule has 0 radical (unpaired) electrons. The van der Waals surface area contributed by atoms with Crippen LogP contribution in [0.4, 0.5) is 24.7 Å². The van der Waals surface area contributed by atoms with Crippen molar-refractivity contribution in [3.05, 3.63) is 63.2 Å². The van der Waals surface area contributed by atoms with Crippen LogP contribution in [-0.2, 0) is 6.18 Å². The maximum atomic E-state index is 12.8. The Kier molecular flexibility index (Phi) is 5.41. The average Bonchev–Trinajstić information content (AvgIpc) is 3.30. The fourth-order valence-corrected chi connectivity index (χ4v) is 4.65. The van der Waals surface area contributed by atoms with Gasteiger partial charge in [0.1, 0.15) is 22.0 Å². The number of nitrogens with zero attached hydrogens (tertiary/aromatic N) is 7. The Hall–Kier alpha value is -3.25. The Balaban J connectivity index is 1.35. The number of anilines is 2. The number of hydrogen-bond donors (Lipinski definition) is 0. The summed E-state index contributed by atoms with van der Waals surface area (Å²) in [5, 5.41) is 7.00. The lowest BCUT2D eigenvalue weighted by atomic mass is 10.2. The second kappa shape index (κ2) is 8.27. The summed E-state index contributed by atoms with van der Waals surface area (Å²) >= 11 is 7.90. The Morgan fingerprint density at radius 1 is 0.970 bits per heavy atom. The summed E-state index contributed by atoms with van der Waals surface area (Å²) in [6.07, 6.45) is -0.882. The Morgan fingerprint density at radius 2 is 1.73 bits per heavy atom. The van der Waals surface area contributed by atoms with Gasteiger partial charge in [0.2, 0.25) is 0 Å². The number of aromatic nitrogens is 5. The van der Waals surface area contributed by atoms with Crippen molar-refractivity contribution in [3.63, 3.8) is 0 Å². The van der Waals surface area contributed by atoms with E-state index in [2.05, 4.69) is 25.0 Å². The molecule has 4 aromatic heterocycles. The van der Waals surface area contributed by atoms with Crippen LogP contribution in [0.15, 0.2) is 47.1 Å². The smallest absolute Gasteiger partial charge is 0.365 e. The minimum Gasteiger partial charge on any atom is -0.365 e. The lowest BCUT2D eigenvalue weighted by Gasteiger charge is -2.36. The highest BCUT2D eigenvalue weighted by Crippen LogP contribution is 2.30. The van der Waals surface area contributed by atoms with Crippen molar-refractivity contribution >= 4 is 44.7 Å². The molecule has 0 N–H and O–H groups in total. The predicted molar refractivity (Wildman–Crippen MR) is 119 cm³/mol. The molecular formula is C20H15ClF3N7OS. The highest BCUT2D eigenvalue weighted by Gasteiger charge is 2.31. The second-order valence-corrected chi connectivity index (χ2v) is 8.55.